The predicted molar refractivity (Wildman–Crippen MR) is 85.0 cm³/mol. The zero-order valence-electron chi connectivity index (χ0n) is 12.8. The normalized spacial score (nSPS) is 14.1. The number of aromatic nitrogens is 2. The van der Waals surface area contributed by atoms with Crippen LogP contribution in [0, 0.1) is 18.3 Å². The number of benzene rings is 1. The van der Waals surface area contributed by atoms with Crippen LogP contribution in [-0.4, -0.2) is 22.6 Å². The van der Waals surface area contributed by atoms with Crippen molar-refractivity contribution in [1.29, 1.82) is 5.26 Å². The number of anilines is 1. The third-order valence-corrected chi connectivity index (χ3v) is 4.33. The van der Waals surface area contributed by atoms with Gasteiger partial charge >= 0.3 is 0 Å². The summed E-state index contributed by atoms with van der Waals surface area (Å²) >= 11 is 0. The van der Waals surface area contributed by atoms with Crippen molar-refractivity contribution in [3.8, 4) is 6.07 Å². The van der Waals surface area contributed by atoms with Crippen molar-refractivity contribution in [2.75, 3.05) is 18.0 Å². The molecular weight excluding hydrogens is 276 g/mol. The second-order valence-electron chi connectivity index (χ2n) is 5.59. The van der Waals surface area contributed by atoms with E-state index in [0.29, 0.717) is 11.6 Å². The molecule has 0 amide bonds. The standard InChI is InChI=1S/C17H18N4O/c1-12-19-16(15(11-18)17(22)20(12)2)21-9-7-13-5-3-4-6-14(13)8-10-21/h3-6H,7-10H2,1-2H3. The minimum absolute atomic E-state index is 0.138. The molecule has 2 heterocycles. The number of nitrogens with zero attached hydrogens (tertiary/aromatic N) is 4. The predicted octanol–water partition coefficient (Wildman–Crippen LogP) is 1.57. The molecule has 112 valence electrons. The van der Waals surface area contributed by atoms with Gasteiger partial charge in [-0.1, -0.05) is 24.3 Å². The van der Waals surface area contributed by atoms with Crippen molar-refractivity contribution in [1.82, 2.24) is 9.55 Å². The van der Waals surface area contributed by atoms with E-state index in [0.717, 1.165) is 25.9 Å². The Morgan fingerprint density at radius 3 is 2.32 bits per heavy atom. The summed E-state index contributed by atoms with van der Waals surface area (Å²) < 4.78 is 1.43. The van der Waals surface area contributed by atoms with Gasteiger partial charge in [0.1, 0.15) is 11.9 Å². The second-order valence-corrected chi connectivity index (χ2v) is 5.59. The van der Waals surface area contributed by atoms with E-state index in [-0.39, 0.29) is 11.1 Å². The molecule has 0 N–H and O–H groups in total. The molecule has 0 aliphatic carbocycles. The van der Waals surface area contributed by atoms with E-state index in [9.17, 15) is 10.1 Å². The van der Waals surface area contributed by atoms with Crippen LogP contribution in [-0.2, 0) is 19.9 Å². The molecule has 0 unspecified atom stereocenters. The SMILES string of the molecule is Cc1nc(N2CCc3ccccc3CC2)c(C#N)c(=O)n1C. The summed E-state index contributed by atoms with van der Waals surface area (Å²) in [6, 6.07) is 10.4. The molecule has 1 aliphatic rings. The van der Waals surface area contributed by atoms with Crippen molar-refractivity contribution in [2.24, 2.45) is 7.05 Å². The molecule has 1 aliphatic heterocycles. The van der Waals surface area contributed by atoms with Gasteiger partial charge in [-0.3, -0.25) is 9.36 Å². The number of hydrogen-bond acceptors (Lipinski definition) is 4. The van der Waals surface area contributed by atoms with Gasteiger partial charge in [0.2, 0.25) is 0 Å². The van der Waals surface area contributed by atoms with E-state index in [4.69, 9.17) is 0 Å². The Morgan fingerprint density at radius 1 is 1.18 bits per heavy atom. The van der Waals surface area contributed by atoms with E-state index in [1.165, 1.54) is 15.7 Å². The van der Waals surface area contributed by atoms with E-state index in [1.54, 1.807) is 14.0 Å². The average Bonchev–Trinajstić information content (AvgIpc) is 2.75. The Labute approximate surface area is 129 Å². The van der Waals surface area contributed by atoms with Crippen LogP contribution in [0.2, 0.25) is 0 Å². The first-order valence-electron chi connectivity index (χ1n) is 7.41. The maximum absolute atomic E-state index is 12.3. The molecule has 22 heavy (non-hydrogen) atoms. The van der Waals surface area contributed by atoms with Gasteiger partial charge in [-0.05, 0) is 30.9 Å². The first-order valence-corrected chi connectivity index (χ1v) is 7.41. The minimum atomic E-state index is -0.272. The molecule has 0 spiro atoms. The van der Waals surface area contributed by atoms with E-state index in [1.807, 2.05) is 6.07 Å². The molecule has 0 atom stereocenters. The molecule has 0 saturated heterocycles. The van der Waals surface area contributed by atoms with Crippen LogP contribution in [0.4, 0.5) is 5.82 Å². The fourth-order valence-corrected chi connectivity index (χ4v) is 2.90. The minimum Gasteiger partial charge on any atom is -0.355 e. The van der Waals surface area contributed by atoms with Crippen molar-refractivity contribution in [3.05, 3.63) is 57.1 Å². The lowest BCUT2D eigenvalue weighted by atomic mass is 10.0. The van der Waals surface area contributed by atoms with E-state index < -0.39 is 0 Å². The Balaban J connectivity index is 2.00. The highest BCUT2D eigenvalue weighted by molar-refractivity contribution is 5.54. The van der Waals surface area contributed by atoms with Crippen molar-refractivity contribution >= 4 is 5.82 Å². The van der Waals surface area contributed by atoms with Gasteiger partial charge in [0.05, 0.1) is 0 Å². The van der Waals surface area contributed by atoms with E-state index in [2.05, 4.69) is 34.1 Å². The summed E-state index contributed by atoms with van der Waals surface area (Å²) in [7, 11) is 1.65. The lowest BCUT2D eigenvalue weighted by Crippen LogP contribution is -2.33. The lowest BCUT2D eigenvalue weighted by molar-refractivity contribution is 0.733. The topological polar surface area (TPSA) is 61.9 Å². The second kappa shape index (κ2) is 5.64. The van der Waals surface area contributed by atoms with Gasteiger partial charge in [0, 0.05) is 20.1 Å². The summed E-state index contributed by atoms with van der Waals surface area (Å²) in [5, 5.41) is 9.36. The molecule has 5 nitrogen and oxygen atoms in total. The van der Waals surface area contributed by atoms with Crippen LogP contribution < -0.4 is 10.5 Å². The fourth-order valence-electron chi connectivity index (χ4n) is 2.90. The smallest absolute Gasteiger partial charge is 0.273 e. The highest BCUT2D eigenvalue weighted by Gasteiger charge is 2.21. The quantitative estimate of drug-likeness (QED) is 0.801. The van der Waals surface area contributed by atoms with Crippen molar-refractivity contribution < 1.29 is 0 Å². The Hall–Kier alpha value is -2.61. The molecule has 0 saturated carbocycles. The molecule has 1 aromatic heterocycles. The van der Waals surface area contributed by atoms with Crippen LogP contribution in [0.5, 0.6) is 0 Å². The first-order chi connectivity index (χ1) is 10.6. The molecule has 3 rings (SSSR count). The largest absolute Gasteiger partial charge is 0.355 e. The molecule has 2 aromatic rings. The maximum atomic E-state index is 12.3. The number of aryl methyl sites for hydroxylation is 1. The zero-order chi connectivity index (χ0) is 15.7. The number of hydrogen-bond donors (Lipinski definition) is 0. The van der Waals surface area contributed by atoms with Gasteiger partial charge in [-0.15, -0.1) is 0 Å². The maximum Gasteiger partial charge on any atom is 0.273 e. The number of rotatable bonds is 1. The van der Waals surface area contributed by atoms with Gasteiger partial charge in [0.25, 0.3) is 5.56 Å². The summed E-state index contributed by atoms with van der Waals surface area (Å²) in [4.78, 5) is 18.8. The fraction of sp³-hybridized carbons (Fsp3) is 0.353. The van der Waals surface area contributed by atoms with Crippen LogP contribution in [0.3, 0.4) is 0 Å². The molecule has 0 fully saturated rings. The number of fused-ring (bicyclic) bond motifs is 1. The highest BCUT2D eigenvalue weighted by Crippen LogP contribution is 2.21. The third kappa shape index (κ3) is 2.37. The Kier molecular flexibility index (Phi) is 3.68. The van der Waals surface area contributed by atoms with Crippen molar-refractivity contribution in [2.45, 2.75) is 19.8 Å². The molecule has 5 heteroatoms. The summed E-state index contributed by atoms with van der Waals surface area (Å²) in [6.07, 6.45) is 1.80. The monoisotopic (exact) mass is 294 g/mol. The van der Waals surface area contributed by atoms with Crippen LogP contribution in [0.1, 0.15) is 22.5 Å². The Morgan fingerprint density at radius 2 is 1.77 bits per heavy atom. The van der Waals surface area contributed by atoms with Crippen LogP contribution in [0.15, 0.2) is 29.1 Å². The van der Waals surface area contributed by atoms with Gasteiger partial charge in [-0.2, -0.15) is 5.26 Å². The van der Waals surface area contributed by atoms with Gasteiger partial charge in [-0.25, -0.2) is 4.98 Å². The third-order valence-electron chi connectivity index (χ3n) is 4.33. The summed E-state index contributed by atoms with van der Waals surface area (Å²) in [5.41, 5.74) is 2.54. The van der Waals surface area contributed by atoms with Gasteiger partial charge < -0.3 is 4.90 Å². The lowest BCUT2D eigenvalue weighted by Gasteiger charge is -2.23. The van der Waals surface area contributed by atoms with Crippen LogP contribution in [0.25, 0.3) is 0 Å². The number of nitriles is 1. The first kappa shape index (κ1) is 14.3. The molecule has 1 aromatic carbocycles. The van der Waals surface area contributed by atoms with Crippen LogP contribution >= 0.6 is 0 Å². The molecule has 0 bridgehead atoms. The molecular formula is C17H18N4O. The average molecular weight is 294 g/mol. The molecule has 0 radical (unpaired) electrons. The summed E-state index contributed by atoms with van der Waals surface area (Å²) in [5.74, 6) is 1.15. The Bertz CT molecular complexity index is 789. The van der Waals surface area contributed by atoms with Crippen molar-refractivity contribution in [3.63, 3.8) is 0 Å². The van der Waals surface area contributed by atoms with Gasteiger partial charge in [0.15, 0.2) is 11.4 Å². The van der Waals surface area contributed by atoms with E-state index >= 15 is 0 Å². The highest BCUT2D eigenvalue weighted by atomic mass is 16.1. The zero-order valence-corrected chi connectivity index (χ0v) is 12.8. The summed E-state index contributed by atoms with van der Waals surface area (Å²) in [6.45, 7) is 3.33.